The number of ether oxygens (including phenoxy) is 1. The highest BCUT2D eigenvalue weighted by Gasteiger charge is 2.30. The number of hydrogen-bond acceptors (Lipinski definition) is 6. The Morgan fingerprint density at radius 1 is 0.731 bits per heavy atom. The molecule has 0 atom stereocenters. The van der Waals surface area contributed by atoms with Crippen LogP contribution in [0.1, 0.15) is 6.92 Å². The Kier molecular flexibility index (Phi) is 7.34. The number of aliphatic hydroxyl groups is 1. The normalized spacial score (nSPS) is 18.1. The van der Waals surface area contributed by atoms with Crippen LogP contribution in [0.25, 0.3) is 0 Å². The van der Waals surface area contributed by atoms with Crippen molar-refractivity contribution in [2.45, 2.75) is 6.92 Å². The van der Waals surface area contributed by atoms with Gasteiger partial charge in [-0.05, 0) is 6.92 Å². The Hall–Kier alpha value is -2.20. The van der Waals surface area contributed by atoms with Crippen molar-refractivity contribution in [1.82, 2.24) is 19.6 Å². The van der Waals surface area contributed by atoms with Gasteiger partial charge in [0.05, 0.1) is 0 Å². The first-order valence-corrected chi connectivity index (χ1v) is 8.69. The number of carbonyl (C=O) groups is 4. The summed E-state index contributed by atoms with van der Waals surface area (Å²) in [4.78, 5) is 53.4. The van der Waals surface area contributed by atoms with E-state index in [1.165, 1.54) is 6.92 Å². The van der Waals surface area contributed by atoms with Gasteiger partial charge in [-0.25, -0.2) is 4.79 Å². The summed E-state index contributed by atoms with van der Waals surface area (Å²) >= 11 is 0. The molecule has 0 radical (unpaired) electrons. The van der Waals surface area contributed by atoms with Crippen molar-refractivity contribution in [2.24, 2.45) is 0 Å². The molecule has 0 saturated carbocycles. The van der Waals surface area contributed by atoms with E-state index >= 15 is 0 Å². The number of urea groups is 1. The molecule has 2 fully saturated rings. The van der Waals surface area contributed by atoms with Crippen LogP contribution >= 0.6 is 0 Å². The zero-order valence-corrected chi connectivity index (χ0v) is 15.1. The Morgan fingerprint density at radius 2 is 1.15 bits per heavy atom. The number of amides is 4. The maximum Gasteiger partial charge on any atom is 0.320 e. The summed E-state index contributed by atoms with van der Waals surface area (Å²) in [5.41, 5.74) is 0. The topological polar surface area (TPSA) is 111 Å². The van der Waals surface area contributed by atoms with E-state index in [1.54, 1.807) is 19.6 Å². The van der Waals surface area contributed by atoms with E-state index < -0.39 is 6.61 Å². The fraction of sp³-hybridized carbons (Fsp3) is 0.750. The highest BCUT2D eigenvalue weighted by atomic mass is 16.5. The van der Waals surface area contributed by atoms with Crippen molar-refractivity contribution in [3.8, 4) is 0 Å². The van der Waals surface area contributed by atoms with Crippen LogP contribution in [0.3, 0.4) is 0 Å². The fourth-order valence-electron chi connectivity index (χ4n) is 2.97. The minimum absolute atomic E-state index is 0.0745. The number of nitrogens with zero attached hydrogens (tertiary/aromatic N) is 4. The molecule has 0 aromatic heterocycles. The van der Waals surface area contributed by atoms with Crippen LogP contribution in [-0.2, 0) is 19.1 Å². The molecule has 4 amide bonds. The molecule has 0 aromatic carbocycles. The van der Waals surface area contributed by atoms with Gasteiger partial charge in [-0.1, -0.05) is 0 Å². The van der Waals surface area contributed by atoms with E-state index in [-0.39, 0.29) is 36.8 Å². The van der Waals surface area contributed by atoms with Crippen molar-refractivity contribution in [3.63, 3.8) is 0 Å². The third kappa shape index (κ3) is 5.40. The molecule has 0 unspecified atom stereocenters. The summed E-state index contributed by atoms with van der Waals surface area (Å²) in [6.07, 6.45) is 0. The number of aliphatic hydroxyl groups excluding tert-OH is 1. The predicted molar refractivity (Wildman–Crippen MR) is 90.3 cm³/mol. The maximum atomic E-state index is 12.6. The zero-order chi connectivity index (χ0) is 19.1. The van der Waals surface area contributed by atoms with Gasteiger partial charge in [-0.15, -0.1) is 0 Å². The minimum Gasteiger partial charge on any atom is -0.387 e. The van der Waals surface area contributed by atoms with Gasteiger partial charge in [-0.3, -0.25) is 14.4 Å². The van der Waals surface area contributed by atoms with Gasteiger partial charge in [0.25, 0.3) is 0 Å². The van der Waals surface area contributed by atoms with Gasteiger partial charge < -0.3 is 29.4 Å². The number of carbonyl (C=O) groups excluding carboxylic acids is 4. The summed E-state index contributed by atoms with van der Waals surface area (Å²) in [7, 11) is 0. The average Bonchev–Trinajstić information content (AvgIpc) is 2.66. The average molecular weight is 370 g/mol. The van der Waals surface area contributed by atoms with Gasteiger partial charge >= 0.3 is 6.03 Å². The SMILES string of the molecule is CC(=O)COCC(=O)N1CCN(C(=O)N2CCN(C(=O)CO)CC2)CC1. The van der Waals surface area contributed by atoms with E-state index in [4.69, 9.17) is 9.84 Å². The zero-order valence-electron chi connectivity index (χ0n) is 15.1. The molecule has 2 heterocycles. The second-order valence-electron chi connectivity index (χ2n) is 6.37. The monoisotopic (exact) mass is 370 g/mol. The molecule has 0 aliphatic carbocycles. The van der Waals surface area contributed by atoms with Crippen LogP contribution < -0.4 is 0 Å². The van der Waals surface area contributed by atoms with Crippen LogP contribution in [-0.4, -0.2) is 121 Å². The first-order valence-electron chi connectivity index (χ1n) is 8.69. The van der Waals surface area contributed by atoms with E-state index in [2.05, 4.69) is 0 Å². The molecular formula is C16H26N4O6. The Bertz CT molecular complexity index is 539. The molecule has 0 bridgehead atoms. The lowest BCUT2D eigenvalue weighted by Gasteiger charge is -2.40. The van der Waals surface area contributed by atoms with Crippen molar-refractivity contribution >= 4 is 23.6 Å². The van der Waals surface area contributed by atoms with Crippen LogP contribution in [0.2, 0.25) is 0 Å². The van der Waals surface area contributed by atoms with Crippen molar-refractivity contribution < 1.29 is 29.0 Å². The van der Waals surface area contributed by atoms with E-state index in [1.807, 2.05) is 0 Å². The number of piperazine rings is 2. The standard InChI is InChI=1S/C16H26N4O6/c1-13(22)11-26-12-15(24)18-4-8-20(9-5-18)16(25)19-6-2-17(3-7-19)14(23)10-21/h21H,2-12H2,1H3. The third-order valence-corrected chi connectivity index (χ3v) is 4.47. The second-order valence-corrected chi connectivity index (χ2v) is 6.37. The van der Waals surface area contributed by atoms with Gasteiger partial charge in [0.15, 0.2) is 5.78 Å². The molecule has 1 N–H and O–H groups in total. The Morgan fingerprint density at radius 3 is 1.58 bits per heavy atom. The molecule has 146 valence electrons. The van der Waals surface area contributed by atoms with Gasteiger partial charge in [-0.2, -0.15) is 0 Å². The number of ketones is 1. The quantitative estimate of drug-likeness (QED) is 0.599. The van der Waals surface area contributed by atoms with Crippen LogP contribution in [0.15, 0.2) is 0 Å². The maximum absolute atomic E-state index is 12.6. The summed E-state index contributed by atoms with van der Waals surface area (Å²) in [5.74, 6) is -0.639. The molecule has 2 aliphatic heterocycles. The second kappa shape index (κ2) is 9.48. The smallest absolute Gasteiger partial charge is 0.320 e. The summed E-state index contributed by atoms with van der Waals surface area (Å²) in [6, 6.07) is -0.0963. The lowest BCUT2D eigenvalue weighted by Crippen LogP contribution is -2.58. The lowest BCUT2D eigenvalue weighted by atomic mass is 10.3. The van der Waals surface area contributed by atoms with Crippen LogP contribution in [0.5, 0.6) is 0 Å². The summed E-state index contributed by atoms with van der Waals surface area (Å²) < 4.78 is 5.04. The molecular weight excluding hydrogens is 344 g/mol. The van der Waals surface area contributed by atoms with E-state index in [0.717, 1.165) is 0 Å². The molecule has 10 nitrogen and oxygen atoms in total. The predicted octanol–water partition coefficient (Wildman–Crippen LogP) is -2.01. The minimum atomic E-state index is -0.514. The molecule has 26 heavy (non-hydrogen) atoms. The van der Waals surface area contributed by atoms with E-state index in [0.29, 0.717) is 52.4 Å². The summed E-state index contributed by atoms with van der Waals surface area (Å²) in [6.45, 7) is 4.10. The molecule has 0 aromatic rings. The first kappa shape index (κ1) is 20.1. The highest BCUT2D eigenvalue weighted by Crippen LogP contribution is 2.09. The number of rotatable bonds is 5. The number of Topliss-reactive ketones (excluding diaryl/α,β-unsaturated/α-hetero) is 1. The van der Waals surface area contributed by atoms with Crippen molar-refractivity contribution in [3.05, 3.63) is 0 Å². The molecule has 2 rings (SSSR count). The van der Waals surface area contributed by atoms with Crippen LogP contribution in [0.4, 0.5) is 4.79 Å². The molecule has 2 saturated heterocycles. The largest absolute Gasteiger partial charge is 0.387 e. The van der Waals surface area contributed by atoms with Gasteiger partial charge in [0, 0.05) is 52.4 Å². The lowest BCUT2D eigenvalue weighted by molar-refractivity contribution is -0.139. The molecule has 10 heteroatoms. The van der Waals surface area contributed by atoms with E-state index in [9.17, 15) is 19.2 Å². The molecule has 0 spiro atoms. The Balaban J connectivity index is 1.72. The van der Waals surface area contributed by atoms with Crippen molar-refractivity contribution in [1.29, 1.82) is 0 Å². The van der Waals surface area contributed by atoms with Gasteiger partial charge in [0.1, 0.15) is 19.8 Å². The molecule has 2 aliphatic rings. The Labute approximate surface area is 152 Å². The van der Waals surface area contributed by atoms with Crippen molar-refractivity contribution in [2.75, 3.05) is 72.2 Å². The van der Waals surface area contributed by atoms with Gasteiger partial charge in [0.2, 0.25) is 11.8 Å². The third-order valence-electron chi connectivity index (χ3n) is 4.47. The highest BCUT2D eigenvalue weighted by molar-refractivity contribution is 5.80. The number of hydrogen-bond donors (Lipinski definition) is 1. The first-order chi connectivity index (χ1) is 12.4. The van der Waals surface area contributed by atoms with Crippen LogP contribution in [0, 0.1) is 0 Å². The summed E-state index contributed by atoms with van der Waals surface area (Å²) in [5, 5.41) is 8.88. The fourth-order valence-corrected chi connectivity index (χ4v) is 2.97.